The highest BCUT2D eigenvalue weighted by atomic mass is 32.2. The lowest BCUT2D eigenvalue weighted by Crippen LogP contribution is -2.41. The van der Waals surface area contributed by atoms with E-state index < -0.39 is 10.8 Å². The Morgan fingerprint density at radius 1 is 1.40 bits per heavy atom. The molecule has 1 saturated heterocycles. The fourth-order valence-corrected chi connectivity index (χ4v) is 2.93. The molecule has 6 nitrogen and oxygen atoms in total. The van der Waals surface area contributed by atoms with Gasteiger partial charge in [0.05, 0.1) is 0 Å². The summed E-state index contributed by atoms with van der Waals surface area (Å²) in [4.78, 5) is 13.4. The second kappa shape index (κ2) is 4.23. The zero-order chi connectivity index (χ0) is 10.8. The Hall–Kier alpha value is -1.02. The molecule has 2 N–H and O–H groups in total. The topological polar surface area (TPSA) is 89.2 Å². The van der Waals surface area contributed by atoms with Gasteiger partial charge in [0.1, 0.15) is 0 Å². The molecule has 0 bridgehead atoms. The molecule has 0 spiro atoms. The predicted octanol–water partition coefficient (Wildman–Crippen LogP) is -0.675. The van der Waals surface area contributed by atoms with Crippen LogP contribution in [0.15, 0.2) is 0 Å². The summed E-state index contributed by atoms with van der Waals surface area (Å²) < 4.78 is 11.1. The molecular formula is C7H10N4O2S2. The van der Waals surface area contributed by atoms with Gasteiger partial charge in [-0.2, -0.15) is 0 Å². The van der Waals surface area contributed by atoms with E-state index in [1.54, 1.807) is 4.90 Å². The summed E-state index contributed by atoms with van der Waals surface area (Å²) in [7, 11) is -0.780. The fourth-order valence-electron chi connectivity index (χ4n) is 1.30. The Labute approximate surface area is 92.9 Å². The smallest absolute Gasteiger partial charge is 0.284 e. The van der Waals surface area contributed by atoms with Crippen LogP contribution in [0, 0.1) is 0 Å². The molecular weight excluding hydrogens is 236 g/mol. The van der Waals surface area contributed by atoms with Gasteiger partial charge in [-0.3, -0.25) is 9.00 Å². The van der Waals surface area contributed by atoms with Crippen LogP contribution in [-0.2, 0) is 10.8 Å². The minimum atomic E-state index is -0.780. The van der Waals surface area contributed by atoms with Crippen molar-refractivity contribution in [3.05, 3.63) is 5.01 Å². The average Bonchev–Trinajstić information content (AvgIpc) is 2.65. The third-order valence-corrected chi connectivity index (χ3v) is 4.10. The van der Waals surface area contributed by atoms with Crippen molar-refractivity contribution in [2.24, 2.45) is 0 Å². The van der Waals surface area contributed by atoms with Crippen molar-refractivity contribution >= 4 is 33.2 Å². The molecule has 0 radical (unpaired) electrons. The van der Waals surface area contributed by atoms with Crippen LogP contribution in [-0.4, -0.2) is 49.8 Å². The summed E-state index contributed by atoms with van der Waals surface area (Å²) in [6.07, 6.45) is 0. The van der Waals surface area contributed by atoms with Gasteiger partial charge in [0, 0.05) is 35.4 Å². The average molecular weight is 246 g/mol. The van der Waals surface area contributed by atoms with Crippen LogP contribution >= 0.6 is 11.3 Å². The second-order valence-electron chi connectivity index (χ2n) is 3.09. The van der Waals surface area contributed by atoms with Crippen molar-refractivity contribution in [3.63, 3.8) is 0 Å². The number of nitrogen functional groups attached to an aromatic ring is 1. The van der Waals surface area contributed by atoms with Crippen molar-refractivity contribution in [2.75, 3.05) is 30.3 Å². The molecule has 1 fully saturated rings. The SMILES string of the molecule is Nc1nnc(C(=O)N2CCS(=O)CC2)s1. The lowest BCUT2D eigenvalue weighted by molar-refractivity contribution is 0.0770. The van der Waals surface area contributed by atoms with Gasteiger partial charge in [-0.1, -0.05) is 11.3 Å². The number of nitrogens with zero attached hydrogens (tertiary/aromatic N) is 3. The lowest BCUT2D eigenvalue weighted by Gasteiger charge is -2.25. The van der Waals surface area contributed by atoms with E-state index in [4.69, 9.17) is 5.73 Å². The third-order valence-electron chi connectivity index (χ3n) is 2.09. The molecule has 2 rings (SSSR count). The summed E-state index contributed by atoms with van der Waals surface area (Å²) in [5.41, 5.74) is 5.39. The first-order valence-electron chi connectivity index (χ1n) is 4.40. The van der Waals surface area contributed by atoms with Crippen LogP contribution in [0.3, 0.4) is 0 Å². The number of nitrogens with two attached hydrogens (primary N) is 1. The molecule has 15 heavy (non-hydrogen) atoms. The monoisotopic (exact) mass is 246 g/mol. The maximum Gasteiger partial charge on any atom is 0.284 e. The minimum Gasteiger partial charge on any atom is -0.374 e. The van der Waals surface area contributed by atoms with Crippen molar-refractivity contribution < 1.29 is 9.00 Å². The van der Waals surface area contributed by atoms with Crippen LogP contribution in [0.2, 0.25) is 0 Å². The van der Waals surface area contributed by atoms with Gasteiger partial charge in [-0.25, -0.2) is 0 Å². The molecule has 1 amide bonds. The van der Waals surface area contributed by atoms with Crippen molar-refractivity contribution in [2.45, 2.75) is 0 Å². The Morgan fingerprint density at radius 3 is 2.60 bits per heavy atom. The number of hydrogen-bond donors (Lipinski definition) is 1. The summed E-state index contributed by atoms with van der Waals surface area (Å²) in [6.45, 7) is 1.04. The van der Waals surface area contributed by atoms with Crippen LogP contribution < -0.4 is 5.73 Å². The lowest BCUT2D eigenvalue weighted by atomic mass is 10.4. The van der Waals surface area contributed by atoms with E-state index in [1.807, 2.05) is 0 Å². The van der Waals surface area contributed by atoms with Crippen molar-refractivity contribution in [1.82, 2.24) is 15.1 Å². The number of rotatable bonds is 1. The number of aromatic nitrogens is 2. The Kier molecular flexibility index (Phi) is 2.96. The summed E-state index contributed by atoms with van der Waals surface area (Å²) in [6, 6.07) is 0. The molecule has 1 aromatic rings. The third kappa shape index (κ3) is 2.32. The number of hydrogen-bond acceptors (Lipinski definition) is 6. The number of anilines is 1. The van der Waals surface area contributed by atoms with Gasteiger partial charge in [0.15, 0.2) is 0 Å². The first-order chi connectivity index (χ1) is 7.16. The highest BCUT2D eigenvalue weighted by molar-refractivity contribution is 7.85. The normalized spacial score (nSPS) is 18.0. The second-order valence-corrected chi connectivity index (χ2v) is 5.79. The van der Waals surface area contributed by atoms with E-state index in [0.717, 1.165) is 11.3 Å². The molecule has 0 aromatic carbocycles. The number of carbonyl (C=O) groups is 1. The van der Waals surface area contributed by atoms with Crippen molar-refractivity contribution in [3.8, 4) is 0 Å². The van der Waals surface area contributed by atoms with Crippen LogP contribution in [0.4, 0.5) is 5.13 Å². The Balaban J connectivity index is 2.05. The molecule has 82 valence electrons. The summed E-state index contributed by atoms with van der Waals surface area (Å²) >= 11 is 1.08. The van der Waals surface area contributed by atoms with Crippen molar-refractivity contribution in [1.29, 1.82) is 0 Å². The van der Waals surface area contributed by atoms with Crippen LogP contribution in [0.5, 0.6) is 0 Å². The van der Waals surface area contributed by atoms with E-state index in [1.165, 1.54) is 0 Å². The first kappa shape index (κ1) is 10.5. The van der Waals surface area contributed by atoms with Gasteiger partial charge in [0.25, 0.3) is 5.91 Å². The molecule has 2 heterocycles. The van der Waals surface area contributed by atoms with Gasteiger partial charge in [-0.15, -0.1) is 10.2 Å². The van der Waals surface area contributed by atoms with E-state index in [0.29, 0.717) is 34.7 Å². The number of carbonyl (C=O) groups excluding carboxylic acids is 1. The quantitative estimate of drug-likeness (QED) is 0.709. The molecule has 0 atom stereocenters. The van der Waals surface area contributed by atoms with E-state index in [-0.39, 0.29) is 5.91 Å². The molecule has 0 unspecified atom stereocenters. The van der Waals surface area contributed by atoms with Gasteiger partial charge in [0.2, 0.25) is 10.1 Å². The van der Waals surface area contributed by atoms with E-state index in [9.17, 15) is 9.00 Å². The highest BCUT2D eigenvalue weighted by Crippen LogP contribution is 2.14. The molecule has 0 aliphatic carbocycles. The summed E-state index contributed by atoms with van der Waals surface area (Å²) in [5.74, 6) is 0.918. The molecule has 1 aromatic heterocycles. The molecule has 8 heteroatoms. The van der Waals surface area contributed by atoms with Crippen LogP contribution in [0.25, 0.3) is 0 Å². The Morgan fingerprint density at radius 2 is 2.07 bits per heavy atom. The number of amides is 1. The maximum atomic E-state index is 11.8. The van der Waals surface area contributed by atoms with Gasteiger partial charge in [-0.05, 0) is 0 Å². The van der Waals surface area contributed by atoms with Gasteiger partial charge >= 0.3 is 0 Å². The largest absolute Gasteiger partial charge is 0.374 e. The molecule has 0 saturated carbocycles. The predicted molar refractivity (Wildman–Crippen MR) is 58.1 cm³/mol. The Bertz CT molecular complexity index is 395. The fraction of sp³-hybridized carbons (Fsp3) is 0.571. The standard InChI is InChI=1S/C7H10N4O2S2/c8-7-10-9-5(14-7)6(12)11-1-3-15(13)4-2-11/h1-4H2,(H2,8,10). The minimum absolute atomic E-state index is 0.166. The summed E-state index contributed by atoms with van der Waals surface area (Å²) in [5, 5.41) is 7.87. The zero-order valence-electron chi connectivity index (χ0n) is 7.88. The van der Waals surface area contributed by atoms with E-state index >= 15 is 0 Å². The van der Waals surface area contributed by atoms with Crippen LogP contribution in [0.1, 0.15) is 9.80 Å². The first-order valence-corrected chi connectivity index (χ1v) is 6.70. The maximum absolute atomic E-state index is 11.8. The van der Waals surface area contributed by atoms with E-state index in [2.05, 4.69) is 10.2 Å². The molecule has 1 aliphatic heterocycles. The molecule has 1 aliphatic rings. The highest BCUT2D eigenvalue weighted by Gasteiger charge is 2.23. The van der Waals surface area contributed by atoms with Gasteiger partial charge < -0.3 is 10.6 Å². The zero-order valence-corrected chi connectivity index (χ0v) is 9.51.